The van der Waals surface area contributed by atoms with Crippen molar-refractivity contribution >= 4 is 6.29 Å². The lowest BCUT2D eigenvalue weighted by Gasteiger charge is -2.13. The Hall–Kier alpha value is -1.19. The summed E-state index contributed by atoms with van der Waals surface area (Å²) in [6, 6.07) is 7.21. The molecule has 0 aromatic heterocycles. The Bertz CT molecular complexity index is 379. The lowest BCUT2D eigenvalue weighted by atomic mass is 9.96. The topological polar surface area (TPSA) is 49.3 Å². The van der Waals surface area contributed by atoms with E-state index >= 15 is 0 Å². The second kappa shape index (κ2) is 10.6. The fraction of sp³-hybridized carbons (Fsp3) is 0.588. The number of benzene rings is 1. The maximum atomic E-state index is 10.9. The lowest BCUT2D eigenvalue weighted by Crippen LogP contribution is -2.19. The molecule has 0 aliphatic heterocycles. The fourth-order valence-corrected chi connectivity index (χ4v) is 2.51. The minimum absolute atomic E-state index is 0.615. The molecule has 0 fully saturated rings. The number of unbranched alkanes of at least 4 members (excludes halogenated alkanes) is 6. The Labute approximate surface area is 122 Å². The van der Waals surface area contributed by atoms with E-state index in [1.54, 1.807) is 0 Å². The summed E-state index contributed by atoms with van der Waals surface area (Å²) < 4.78 is 0. The Morgan fingerprint density at radius 2 is 1.75 bits per heavy atom. The standard InChI is InChI=1S/C17H27NO2/c1-2-3-4-5-6-7-8-11-15-12-9-10-13-16(15)17(14-19)18-20/h9-10,12-14,17-18,20H,2-8,11H2,1H3. The van der Waals surface area contributed by atoms with E-state index < -0.39 is 6.04 Å². The normalized spacial score (nSPS) is 12.3. The highest BCUT2D eigenvalue weighted by Gasteiger charge is 2.12. The van der Waals surface area contributed by atoms with E-state index in [2.05, 4.69) is 12.4 Å². The van der Waals surface area contributed by atoms with Gasteiger partial charge < -0.3 is 10.0 Å². The second-order valence-electron chi connectivity index (χ2n) is 5.31. The average molecular weight is 277 g/mol. The zero-order valence-corrected chi connectivity index (χ0v) is 12.5. The van der Waals surface area contributed by atoms with Crippen molar-refractivity contribution in [2.75, 3.05) is 0 Å². The van der Waals surface area contributed by atoms with Gasteiger partial charge in [-0.3, -0.25) is 0 Å². The van der Waals surface area contributed by atoms with E-state index in [0.29, 0.717) is 0 Å². The van der Waals surface area contributed by atoms with Gasteiger partial charge in [0.2, 0.25) is 0 Å². The number of aryl methyl sites for hydroxylation is 1. The smallest absolute Gasteiger partial charge is 0.143 e. The number of nitrogens with one attached hydrogen (secondary N) is 1. The average Bonchev–Trinajstić information content (AvgIpc) is 2.49. The Morgan fingerprint density at radius 3 is 2.40 bits per heavy atom. The zero-order chi connectivity index (χ0) is 14.6. The molecule has 0 saturated heterocycles. The molecule has 20 heavy (non-hydrogen) atoms. The van der Waals surface area contributed by atoms with Gasteiger partial charge in [-0.1, -0.05) is 69.7 Å². The molecule has 0 aliphatic rings. The number of hydrogen-bond acceptors (Lipinski definition) is 3. The molecule has 0 heterocycles. The van der Waals surface area contributed by atoms with Crippen molar-refractivity contribution in [2.45, 2.75) is 64.3 Å². The van der Waals surface area contributed by atoms with Crippen molar-refractivity contribution in [3.8, 4) is 0 Å². The van der Waals surface area contributed by atoms with Gasteiger partial charge in [0.05, 0.1) is 0 Å². The first-order valence-corrected chi connectivity index (χ1v) is 7.76. The molecule has 0 radical (unpaired) electrons. The van der Waals surface area contributed by atoms with Crippen LogP contribution in [0, 0.1) is 0 Å². The molecule has 112 valence electrons. The summed E-state index contributed by atoms with van der Waals surface area (Å²) in [6.45, 7) is 2.23. The van der Waals surface area contributed by atoms with Gasteiger partial charge in [0, 0.05) is 0 Å². The van der Waals surface area contributed by atoms with Gasteiger partial charge in [-0.05, 0) is 24.0 Å². The van der Waals surface area contributed by atoms with Crippen molar-refractivity contribution in [1.29, 1.82) is 0 Å². The summed E-state index contributed by atoms with van der Waals surface area (Å²) in [5.74, 6) is 0. The van der Waals surface area contributed by atoms with E-state index in [9.17, 15) is 4.79 Å². The minimum atomic E-state index is -0.615. The molecular weight excluding hydrogens is 250 g/mol. The molecule has 0 bridgehead atoms. The van der Waals surface area contributed by atoms with E-state index in [1.807, 2.05) is 24.3 Å². The van der Waals surface area contributed by atoms with Gasteiger partial charge in [-0.25, -0.2) is 0 Å². The molecular formula is C17H27NO2. The number of carbonyl (C=O) groups excluding carboxylic acids is 1. The summed E-state index contributed by atoms with van der Waals surface area (Å²) in [6.07, 6.45) is 10.7. The highest BCUT2D eigenvalue weighted by molar-refractivity contribution is 5.62. The molecule has 1 atom stereocenters. The maximum absolute atomic E-state index is 10.9. The molecule has 1 aromatic rings. The fourth-order valence-electron chi connectivity index (χ4n) is 2.51. The summed E-state index contributed by atoms with van der Waals surface area (Å²) in [4.78, 5) is 10.9. The Morgan fingerprint density at radius 1 is 1.10 bits per heavy atom. The van der Waals surface area contributed by atoms with Crippen LogP contribution in [-0.4, -0.2) is 11.5 Å². The molecule has 0 aliphatic carbocycles. The predicted octanol–water partition coefficient (Wildman–Crippen LogP) is 4.20. The van der Waals surface area contributed by atoms with Gasteiger partial charge in [0.15, 0.2) is 0 Å². The third kappa shape index (κ3) is 5.85. The van der Waals surface area contributed by atoms with E-state index in [4.69, 9.17) is 5.21 Å². The summed E-state index contributed by atoms with van der Waals surface area (Å²) in [5.41, 5.74) is 4.10. The van der Waals surface area contributed by atoms with E-state index in [1.165, 1.54) is 38.5 Å². The number of carbonyl (C=O) groups is 1. The quantitative estimate of drug-likeness (QED) is 0.362. The highest BCUT2D eigenvalue weighted by atomic mass is 16.5. The second-order valence-corrected chi connectivity index (χ2v) is 5.31. The van der Waals surface area contributed by atoms with Gasteiger partial charge in [0.1, 0.15) is 12.3 Å². The molecule has 0 amide bonds. The first-order valence-electron chi connectivity index (χ1n) is 7.76. The Balaban J connectivity index is 2.38. The minimum Gasteiger partial charge on any atom is -0.316 e. The molecule has 2 N–H and O–H groups in total. The molecule has 0 spiro atoms. The van der Waals surface area contributed by atoms with Crippen LogP contribution >= 0.6 is 0 Å². The van der Waals surface area contributed by atoms with Crippen molar-refractivity contribution in [3.05, 3.63) is 35.4 Å². The molecule has 1 unspecified atom stereocenters. The molecule has 1 aromatic carbocycles. The first-order chi connectivity index (χ1) is 9.83. The molecule has 3 heteroatoms. The number of hydroxylamine groups is 1. The van der Waals surface area contributed by atoms with Crippen molar-refractivity contribution in [3.63, 3.8) is 0 Å². The van der Waals surface area contributed by atoms with Gasteiger partial charge >= 0.3 is 0 Å². The van der Waals surface area contributed by atoms with Gasteiger partial charge in [-0.15, -0.1) is 0 Å². The van der Waals surface area contributed by atoms with Crippen LogP contribution in [0.15, 0.2) is 24.3 Å². The Kier molecular flexibility index (Phi) is 8.92. The van der Waals surface area contributed by atoms with Gasteiger partial charge in [0.25, 0.3) is 0 Å². The zero-order valence-electron chi connectivity index (χ0n) is 12.5. The highest BCUT2D eigenvalue weighted by Crippen LogP contribution is 2.19. The maximum Gasteiger partial charge on any atom is 0.143 e. The van der Waals surface area contributed by atoms with Crippen molar-refractivity contribution in [1.82, 2.24) is 5.48 Å². The summed E-state index contributed by atoms with van der Waals surface area (Å²) in [7, 11) is 0. The SMILES string of the molecule is CCCCCCCCCc1ccccc1C(C=O)NO. The molecule has 3 nitrogen and oxygen atoms in total. The van der Waals surface area contributed by atoms with Crippen LogP contribution in [0.4, 0.5) is 0 Å². The van der Waals surface area contributed by atoms with Crippen molar-refractivity contribution < 1.29 is 10.0 Å². The number of aldehydes is 1. The monoisotopic (exact) mass is 277 g/mol. The van der Waals surface area contributed by atoms with Crippen LogP contribution in [0.1, 0.15) is 69.0 Å². The number of rotatable bonds is 11. The lowest BCUT2D eigenvalue weighted by molar-refractivity contribution is -0.112. The van der Waals surface area contributed by atoms with Crippen LogP contribution in [0.25, 0.3) is 0 Å². The largest absolute Gasteiger partial charge is 0.316 e. The molecule has 1 rings (SSSR count). The third-order valence-corrected chi connectivity index (χ3v) is 3.71. The van der Waals surface area contributed by atoms with Crippen LogP contribution in [-0.2, 0) is 11.2 Å². The number of hydrogen-bond donors (Lipinski definition) is 2. The van der Waals surface area contributed by atoms with Gasteiger partial charge in [-0.2, -0.15) is 5.48 Å². The van der Waals surface area contributed by atoms with Crippen molar-refractivity contribution in [2.24, 2.45) is 0 Å². The predicted molar refractivity (Wildman–Crippen MR) is 81.9 cm³/mol. The molecule has 0 saturated carbocycles. The van der Waals surface area contributed by atoms with Crippen LogP contribution in [0.3, 0.4) is 0 Å². The van der Waals surface area contributed by atoms with E-state index in [0.717, 1.165) is 30.3 Å². The van der Waals surface area contributed by atoms with Crippen LogP contribution < -0.4 is 5.48 Å². The van der Waals surface area contributed by atoms with E-state index in [-0.39, 0.29) is 0 Å². The summed E-state index contributed by atoms with van der Waals surface area (Å²) >= 11 is 0. The van der Waals surface area contributed by atoms with Crippen LogP contribution in [0.5, 0.6) is 0 Å². The summed E-state index contributed by atoms with van der Waals surface area (Å²) in [5, 5.41) is 9.01. The van der Waals surface area contributed by atoms with Crippen LogP contribution in [0.2, 0.25) is 0 Å². The third-order valence-electron chi connectivity index (χ3n) is 3.71. The first kappa shape index (κ1) is 16.9.